The molecule has 4 radical (unpaired) electrons. The lowest BCUT2D eigenvalue weighted by molar-refractivity contribution is 0.0727. The first-order chi connectivity index (χ1) is 15.7. The Balaban J connectivity index is 1.54. The highest BCUT2D eigenvalue weighted by Gasteiger charge is 2.43. The van der Waals surface area contributed by atoms with E-state index in [1.807, 2.05) is 30.7 Å². The van der Waals surface area contributed by atoms with Crippen molar-refractivity contribution in [3.8, 4) is 11.1 Å². The molecule has 9 heteroatoms. The van der Waals surface area contributed by atoms with Gasteiger partial charge >= 0.3 is 0 Å². The largest absolute Gasteiger partial charge is 0.340 e. The molecule has 2 aromatic heterocycles. The highest BCUT2D eigenvalue weighted by Crippen LogP contribution is 2.36. The fraction of sp³-hybridized carbons (Fsp3) is 0.208. The smallest absolute Gasteiger partial charge is 0.255 e. The summed E-state index contributed by atoms with van der Waals surface area (Å²) < 4.78 is 32.2. The first-order valence-corrected chi connectivity index (χ1v) is 10.5. The first-order valence-electron chi connectivity index (χ1n) is 10.5. The molecule has 0 atom stereocenters. The van der Waals surface area contributed by atoms with Gasteiger partial charge in [0.25, 0.3) is 5.91 Å². The van der Waals surface area contributed by atoms with Crippen LogP contribution in [0.4, 0.5) is 8.78 Å². The van der Waals surface area contributed by atoms with Crippen LogP contribution >= 0.6 is 0 Å². The van der Waals surface area contributed by atoms with Gasteiger partial charge in [-0.3, -0.25) is 14.5 Å². The average molecular weight is 438 g/mol. The molecule has 0 bridgehead atoms. The number of halogens is 2. The lowest BCUT2D eigenvalue weighted by Gasteiger charge is -2.33. The number of benzene rings is 2. The molecule has 33 heavy (non-hydrogen) atoms. The number of aromatic nitrogens is 3. The predicted octanol–water partition coefficient (Wildman–Crippen LogP) is 4.06. The second-order valence-corrected chi connectivity index (χ2v) is 8.46. The van der Waals surface area contributed by atoms with Crippen LogP contribution < -0.4 is 0 Å². The molecule has 1 amide bonds. The van der Waals surface area contributed by atoms with Crippen molar-refractivity contribution in [2.75, 3.05) is 0 Å². The van der Waals surface area contributed by atoms with Gasteiger partial charge in [0.05, 0.1) is 45.2 Å². The lowest BCUT2D eigenvalue weighted by Crippen LogP contribution is -2.45. The van der Waals surface area contributed by atoms with E-state index in [1.54, 1.807) is 18.3 Å². The summed E-state index contributed by atoms with van der Waals surface area (Å²) in [5.41, 5.74) is 1.98. The van der Waals surface area contributed by atoms with E-state index in [2.05, 4.69) is 10.1 Å². The van der Waals surface area contributed by atoms with Gasteiger partial charge in [-0.2, -0.15) is 5.10 Å². The van der Waals surface area contributed by atoms with Gasteiger partial charge in [0.2, 0.25) is 0 Å². The molecule has 0 fully saturated rings. The van der Waals surface area contributed by atoms with Crippen molar-refractivity contribution in [3.05, 3.63) is 83.3 Å². The topological polar surface area (TPSA) is 51.0 Å². The molecule has 1 aliphatic rings. The van der Waals surface area contributed by atoms with Gasteiger partial charge in [-0.1, -0.05) is 12.1 Å². The van der Waals surface area contributed by atoms with Crippen molar-refractivity contribution in [3.63, 3.8) is 0 Å². The van der Waals surface area contributed by atoms with Crippen molar-refractivity contribution in [2.45, 2.75) is 31.8 Å². The van der Waals surface area contributed by atoms with Crippen LogP contribution in [0.5, 0.6) is 0 Å². The standard InChI is InChI=1S/C24H18B2F2N4O/c1-13(2)32-21-7-3-5-15(17(21)11-30-32)14-9-19(27)18(20(28)10-14)12-31-23(33)16-6-4-8-29-22(16)24(31,25)26/h3-11,13H,12H2,1-2H3. The van der Waals surface area contributed by atoms with Crippen molar-refractivity contribution in [2.24, 2.45) is 0 Å². The van der Waals surface area contributed by atoms with E-state index in [9.17, 15) is 4.79 Å². The third-order valence-corrected chi connectivity index (χ3v) is 6.01. The number of carbonyl (C=O) groups is 1. The third kappa shape index (κ3) is 3.25. The quantitative estimate of drug-likeness (QED) is 0.452. The SMILES string of the molecule is [B]C1([B])c2ncccc2C(=O)N1Cc1c(F)cc(-c2cccc3c2cnn3C(C)C)cc1F. The Hall–Kier alpha value is -3.48. The fourth-order valence-corrected chi connectivity index (χ4v) is 4.34. The van der Waals surface area contributed by atoms with Crippen molar-refractivity contribution < 1.29 is 13.6 Å². The van der Waals surface area contributed by atoms with Crippen LogP contribution in [0.25, 0.3) is 22.0 Å². The molecule has 0 N–H and O–H groups in total. The number of amides is 1. The molecule has 5 nitrogen and oxygen atoms in total. The number of fused-ring (bicyclic) bond motifs is 2. The molecule has 4 aromatic rings. The zero-order chi connectivity index (χ0) is 23.5. The summed E-state index contributed by atoms with van der Waals surface area (Å²) in [4.78, 5) is 17.9. The molecule has 2 aromatic carbocycles. The fourth-order valence-electron chi connectivity index (χ4n) is 4.34. The van der Waals surface area contributed by atoms with Gasteiger partial charge in [0.15, 0.2) is 0 Å². The lowest BCUT2D eigenvalue weighted by atomic mass is 9.59. The molecule has 3 heterocycles. The molecular weight excluding hydrogens is 420 g/mol. The van der Waals surface area contributed by atoms with E-state index >= 15 is 8.78 Å². The van der Waals surface area contributed by atoms with Gasteiger partial charge in [0.1, 0.15) is 11.6 Å². The summed E-state index contributed by atoms with van der Waals surface area (Å²) in [6.45, 7) is 3.58. The van der Waals surface area contributed by atoms with Crippen molar-refractivity contribution >= 4 is 32.5 Å². The van der Waals surface area contributed by atoms with E-state index in [1.165, 1.54) is 24.4 Å². The molecule has 0 aliphatic carbocycles. The Kier molecular flexibility index (Phi) is 4.88. The Morgan fingerprint density at radius 1 is 1.06 bits per heavy atom. The van der Waals surface area contributed by atoms with Gasteiger partial charge in [0, 0.05) is 28.5 Å². The summed E-state index contributed by atoms with van der Waals surface area (Å²) in [5, 5.41) is 3.42. The summed E-state index contributed by atoms with van der Waals surface area (Å²) in [6.07, 6.45) is 3.15. The number of hydrogen-bond donors (Lipinski definition) is 0. The summed E-state index contributed by atoms with van der Waals surface area (Å²) >= 11 is 0. The summed E-state index contributed by atoms with van der Waals surface area (Å²) in [5.74, 6) is -2.13. The zero-order valence-corrected chi connectivity index (χ0v) is 18.1. The second kappa shape index (κ2) is 7.54. The van der Waals surface area contributed by atoms with E-state index in [0.717, 1.165) is 15.8 Å². The van der Waals surface area contributed by atoms with Crippen LogP contribution in [0, 0.1) is 11.6 Å². The number of pyridine rings is 1. The minimum atomic E-state index is -1.78. The van der Waals surface area contributed by atoms with E-state index in [4.69, 9.17) is 15.7 Å². The van der Waals surface area contributed by atoms with Crippen LogP contribution in [0.1, 0.15) is 41.5 Å². The summed E-state index contributed by atoms with van der Waals surface area (Å²) in [7, 11) is 12.3. The molecule has 0 spiro atoms. The number of carbonyl (C=O) groups excluding carboxylic acids is 1. The molecule has 160 valence electrons. The third-order valence-electron chi connectivity index (χ3n) is 6.01. The Bertz CT molecular complexity index is 1390. The molecule has 0 saturated heterocycles. The van der Waals surface area contributed by atoms with Crippen LogP contribution in [-0.4, -0.2) is 41.3 Å². The van der Waals surface area contributed by atoms with Gasteiger partial charge in [-0.25, -0.2) is 8.78 Å². The van der Waals surface area contributed by atoms with Gasteiger partial charge < -0.3 is 4.90 Å². The molecule has 0 saturated carbocycles. The Morgan fingerprint density at radius 2 is 1.76 bits per heavy atom. The molecule has 5 rings (SSSR count). The molecule has 1 aliphatic heterocycles. The number of hydrogen-bond acceptors (Lipinski definition) is 3. The zero-order valence-electron chi connectivity index (χ0n) is 18.1. The maximum absolute atomic E-state index is 15.2. The summed E-state index contributed by atoms with van der Waals surface area (Å²) in [6, 6.07) is 11.3. The van der Waals surface area contributed by atoms with E-state index in [-0.39, 0.29) is 22.9 Å². The minimum absolute atomic E-state index is 0.137. The van der Waals surface area contributed by atoms with E-state index in [0.29, 0.717) is 11.1 Å². The monoisotopic (exact) mass is 438 g/mol. The molecule has 0 unspecified atom stereocenters. The number of rotatable bonds is 4. The van der Waals surface area contributed by atoms with Crippen LogP contribution in [0.2, 0.25) is 0 Å². The van der Waals surface area contributed by atoms with E-state index < -0.39 is 29.4 Å². The van der Waals surface area contributed by atoms with Crippen LogP contribution in [0.3, 0.4) is 0 Å². The van der Waals surface area contributed by atoms with Crippen LogP contribution in [-0.2, 0) is 11.9 Å². The maximum Gasteiger partial charge on any atom is 0.255 e. The Labute approximate surface area is 192 Å². The van der Waals surface area contributed by atoms with Crippen molar-refractivity contribution in [1.82, 2.24) is 19.7 Å². The van der Waals surface area contributed by atoms with Gasteiger partial charge in [-0.05, 0) is 55.3 Å². The maximum atomic E-state index is 15.2. The van der Waals surface area contributed by atoms with Crippen molar-refractivity contribution in [1.29, 1.82) is 0 Å². The minimum Gasteiger partial charge on any atom is -0.340 e. The average Bonchev–Trinajstić information content (AvgIpc) is 3.29. The van der Waals surface area contributed by atoms with Gasteiger partial charge in [-0.15, -0.1) is 0 Å². The number of nitrogens with zero attached hydrogens (tertiary/aromatic N) is 4. The normalized spacial score (nSPS) is 14.9. The molecular formula is C24H18B2F2N4O. The highest BCUT2D eigenvalue weighted by atomic mass is 19.1. The Morgan fingerprint density at radius 3 is 2.42 bits per heavy atom. The van der Waals surface area contributed by atoms with Crippen LogP contribution in [0.15, 0.2) is 54.9 Å². The highest BCUT2D eigenvalue weighted by molar-refractivity contribution is 6.42. The predicted molar refractivity (Wildman–Crippen MR) is 123 cm³/mol. The second-order valence-electron chi connectivity index (χ2n) is 8.46. The first kappa shape index (κ1) is 21.4.